The van der Waals surface area contributed by atoms with E-state index >= 15 is 0 Å². The molecule has 1 aromatic heterocycles. The zero-order valence-corrected chi connectivity index (χ0v) is 23.7. The Morgan fingerprint density at radius 2 is 1.85 bits per heavy atom. The molecule has 0 aliphatic rings. The molecule has 0 fully saturated rings. The Morgan fingerprint density at radius 1 is 1.15 bits per heavy atom. The van der Waals surface area contributed by atoms with E-state index in [1.807, 2.05) is 0 Å². The Bertz CT molecular complexity index is 1460. The monoisotopic (exact) mass is 605 g/mol. The van der Waals surface area contributed by atoms with Gasteiger partial charge in [-0.25, -0.2) is 4.39 Å². The Labute approximate surface area is 231 Å². The smallest absolute Gasteiger partial charge is 0.416 e. The van der Waals surface area contributed by atoms with Gasteiger partial charge in [-0.15, -0.1) is 11.3 Å². The summed E-state index contributed by atoms with van der Waals surface area (Å²) in [5, 5.41) is 4.94. The van der Waals surface area contributed by atoms with Gasteiger partial charge in [0.1, 0.15) is 11.5 Å². The average molecular weight is 606 g/mol. The predicted octanol–water partition coefficient (Wildman–Crippen LogP) is 8.01. The molecular weight excluding hydrogens is 581 g/mol. The van der Waals surface area contributed by atoms with Crippen LogP contribution in [0.5, 0.6) is 0 Å². The van der Waals surface area contributed by atoms with Crippen LogP contribution < -0.4 is 5.32 Å². The first kappa shape index (κ1) is 30.8. The molecule has 1 N–H and O–H groups in total. The summed E-state index contributed by atoms with van der Waals surface area (Å²) < 4.78 is 77.8. The minimum atomic E-state index is -4.76. The fourth-order valence-corrected chi connectivity index (χ4v) is 6.36. The van der Waals surface area contributed by atoms with Gasteiger partial charge in [-0.2, -0.15) is 13.2 Å². The maximum Gasteiger partial charge on any atom is 0.416 e. The lowest BCUT2D eigenvalue weighted by Crippen LogP contribution is -2.27. The van der Waals surface area contributed by atoms with Gasteiger partial charge in [-0.05, 0) is 85.1 Å². The molecular formula is C26H25ClF4NO5PS. The van der Waals surface area contributed by atoms with Crippen LogP contribution in [0.25, 0.3) is 16.2 Å². The van der Waals surface area contributed by atoms with Crippen LogP contribution in [0, 0.1) is 11.2 Å². The second kappa shape index (κ2) is 11.8. The van der Waals surface area contributed by atoms with Gasteiger partial charge in [-0.1, -0.05) is 11.6 Å². The fraction of sp³-hybridized carbons (Fsp3) is 0.308. The van der Waals surface area contributed by atoms with E-state index in [4.69, 9.17) is 20.9 Å². The van der Waals surface area contributed by atoms with Crippen molar-refractivity contribution in [2.24, 2.45) is 5.41 Å². The number of alkyl halides is 3. The minimum Gasteiger partial charge on any atom is -0.438 e. The van der Waals surface area contributed by atoms with Crippen molar-refractivity contribution in [2.75, 3.05) is 13.5 Å². The first-order chi connectivity index (χ1) is 18.0. The molecule has 0 bridgehead atoms. The van der Waals surface area contributed by atoms with Crippen molar-refractivity contribution in [3.8, 4) is 0 Å². The van der Waals surface area contributed by atoms with Gasteiger partial charge < -0.3 is 10.1 Å². The highest BCUT2D eigenvalue weighted by Crippen LogP contribution is 2.59. The second-order valence-corrected chi connectivity index (χ2v) is 13.6. The summed E-state index contributed by atoms with van der Waals surface area (Å²) in [6.07, 6.45) is -2.67. The standard InChI is InChI=1S/C26H25ClF4NO5PS/c1-25(2,3)24(34)36-14-37-38(4,35)22(20-13-39-21-6-5-17(27)12-19(20)21)23(33)32-8-7-15-9-16(26(29,30)31)11-18(28)10-15/h5-13,22H,14H2,1-4H3,(H,32,33). The summed E-state index contributed by atoms with van der Waals surface area (Å²) in [6, 6.07) is 6.93. The number of carbonyl (C=O) groups excluding carboxylic acids is 2. The van der Waals surface area contributed by atoms with Crippen molar-refractivity contribution in [3.05, 3.63) is 75.5 Å². The molecule has 1 amide bonds. The molecule has 3 aromatic rings. The summed E-state index contributed by atoms with van der Waals surface area (Å²) in [5.74, 6) is -2.52. The summed E-state index contributed by atoms with van der Waals surface area (Å²) in [7, 11) is -3.89. The Balaban J connectivity index is 1.91. The molecule has 3 rings (SSSR count). The molecule has 0 spiro atoms. The van der Waals surface area contributed by atoms with Crippen molar-refractivity contribution in [2.45, 2.75) is 32.6 Å². The first-order valence-corrected chi connectivity index (χ1v) is 14.8. The molecule has 0 aliphatic heterocycles. The van der Waals surface area contributed by atoms with Gasteiger partial charge in [0.2, 0.25) is 13.3 Å². The Morgan fingerprint density at radius 3 is 2.49 bits per heavy atom. The third kappa shape index (κ3) is 7.91. The van der Waals surface area contributed by atoms with E-state index in [2.05, 4.69) is 5.32 Å². The normalized spacial score (nSPS) is 14.8. The second-order valence-electron chi connectivity index (χ2n) is 9.68. The number of ether oxygens (including phenoxy) is 1. The lowest BCUT2D eigenvalue weighted by molar-refractivity contribution is -0.159. The Hall–Kier alpha value is -2.72. The number of esters is 1. The topological polar surface area (TPSA) is 81.7 Å². The van der Waals surface area contributed by atoms with Gasteiger partial charge in [0.05, 0.1) is 11.0 Å². The molecule has 39 heavy (non-hydrogen) atoms. The molecule has 2 aromatic carbocycles. The van der Waals surface area contributed by atoms with Crippen molar-refractivity contribution >= 4 is 58.3 Å². The molecule has 0 saturated carbocycles. The summed E-state index contributed by atoms with van der Waals surface area (Å²) in [4.78, 5) is 25.4. The zero-order valence-electron chi connectivity index (χ0n) is 21.3. The average Bonchev–Trinajstić information content (AvgIpc) is 3.19. The highest BCUT2D eigenvalue weighted by Gasteiger charge is 2.39. The van der Waals surface area contributed by atoms with Crippen molar-refractivity contribution in [1.82, 2.24) is 5.32 Å². The first-order valence-electron chi connectivity index (χ1n) is 11.4. The molecule has 0 saturated heterocycles. The largest absolute Gasteiger partial charge is 0.438 e. The lowest BCUT2D eigenvalue weighted by atomic mass is 9.98. The van der Waals surface area contributed by atoms with Crippen LogP contribution in [0.15, 0.2) is 48.0 Å². The van der Waals surface area contributed by atoms with Crippen LogP contribution in [0.4, 0.5) is 17.6 Å². The quantitative estimate of drug-likeness (QED) is 0.122. The van der Waals surface area contributed by atoms with E-state index < -0.39 is 54.7 Å². The highest BCUT2D eigenvalue weighted by atomic mass is 35.5. The number of hydrogen-bond acceptors (Lipinski definition) is 6. The van der Waals surface area contributed by atoms with Crippen LogP contribution in [0.3, 0.4) is 0 Å². The van der Waals surface area contributed by atoms with E-state index in [1.165, 1.54) is 18.0 Å². The number of fused-ring (bicyclic) bond motifs is 1. The molecule has 1 heterocycles. The third-order valence-corrected chi connectivity index (χ3v) is 8.72. The lowest BCUT2D eigenvalue weighted by Gasteiger charge is -2.24. The van der Waals surface area contributed by atoms with E-state index in [1.54, 1.807) is 44.4 Å². The highest BCUT2D eigenvalue weighted by molar-refractivity contribution is 7.59. The number of nitrogens with one attached hydrogen (secondary N) is 1. The van der Waals surface area contributed by atoms with E-state index in [-0.39, 0.29) is 5.56 Å². The van der Waals surface area contributed by atoms with Crippen molar-refractivity contribution < 1.29 is 41.0 Å². The van der Waals surface area contributed by atoms with Gasteiger partial charge in [0.25, 0.3) is 0 Å². The van der Waals surface area contributed by atoms with E-state index in [0.29, 0.717) is 22.0 Å². The third-order valence-electron chi connectivity index (χ3n) is 5.44. The molecule has 0 radical (unpaired) electrons. The maximum absolute atomic E-state index is 13.7. The number of carbonyl (C=O) groups is 2. The molecule has 13 heteroatoms. The number of halogens is 5. The minimum absolute atomic E-state index is 0.156. The van der Waals surface area contributed by atoms with Crippen LogP contribution in [-0.2, 0) is 29.6 Å². The van der Waals surface area contributed by atoms with Gasteiger partial charge in [0, 0.05) is 22.6 Å². The summed E-state index contributed by atoms with van der Waals surface area (Å²) in [6.45, 7) is 5.42. The SMILES string of the molecule is CC(C)(C)C(=O)OCOP(C)(=O)C(C(=O)NC=Cc1cc(F)cc(C(F)(F)F)c1)c1csc2ccc(Cl)cc12. The molecule has 0 aliphatic carbocycles. The van der Waals surface area contributed by atoms with Crippen LogP contribution in [0.2, 0.25) is 5.02 Å². The molecule has 6 nitrogen and oxygen atoms in total. The fourth-order valence-electron chi connectivity index (χ4n) is 3.49. The number of rotatable bonds is 8. The van der Waals surface area contributed by atoms with E-state index in [0.717, 1.165) is 29.1 Å². The van der Waals surface area contributed by atoms with Crippen LogP contribution >= 0.6 is 30.3 Å². The summed E-state index contributed by atoms with van der Waals surface area (Å²) >= 11 is 7.42. The van der Waals surface area contributed by atoms with Crippen molar-refractivity contribution in [3.63, 3.8) is 0 Å². The number of hydrogen-bond donors (Lipinski definition) is 1. The van der Waals surface area contributed by atoms with Crippen molar-refractivity contribution in [1.29, 1.82) is 0 Å². The number of amides is 1. The molecule has 2 unspecified atom stereocenters. The molecule has 2 atom stereocenters. The summed E-state index contributed by atoms with van der Waals surface area (Å²) in [5.41, 5.74) is -3.25. The maximum atomic E-state index is 13.7. The zero-order chi connectivity index (χ0) is 29.2. The van der Waals surface area contributed by atoms with Gasteiger partial charge in [0.15, 0.2) is 6.79 Å². The number of benzene rings is 2. The van der Waals surface area contributed by atoms with Gasteiger partial charge >= 0.3 is 12.1 Å². The molecule has 210 valence electrons. The van der Waals surface area contributed by atoms with Crippen LogP contribution in [-0.4, -0.2) is 25.3 Å². The van der Waals surface area contributed by atoms with E-state index in [9.17, 15) is 31.7 Å². The van der Waals surface area contributed by atoms with Crippen LogP contribution in [0.1, 0.15) is 43.1 Å². The Kier molecular flexibility index (Phi) is 9.32. The van der Waals surface area contributed by atoms with Gasteiger partial charge in [-0.3, -0.25) is 18.7 Å². The predicted molar refractivity (Wildman–Crippen MR) is 143 cm³/mol. The number of thiophene rings is 1.